The van der Waals surface area contributed by atoms with E-state index in [-0.39, 0.29) is 18.5 Å². The average molecular weight is 525 g/mol. The lowest BCUT2D eigenvalue weighted by Crippen LogP contribution is -2.19. The average Bonchev–Trinajstić information content (AvgIpc) is 2.88. The lowest BCUT2D eigenvalue weighted by atomic mass is 10.0. The first-order valence-corrected chi connectivity index (χ1v) is 16.5. The number of carbonyl (C=O) groups excluding carboxylic acids is 1. The summed E-state index contributed by atoms with van der Waals surface area (Å²) >= 11 is 0. The summed E-state index contributed by atoms with van der Waals surface area (Å²) in [4.78, 5) is 23.3. The van der Waals surface area contributed by atoms with Crippen LogP contribution in [0, 0.1) is 0 Å². The van der Waals surface area contributed by atoms with Gasteiger partial charge in [0.15, 0.2) is 0 Å². The van der Waals surface area contributed by atoms with Crippen LogP contribution < -0.4 is 0 Å². The number of aliphatic carboxylic acids is 1. The van der Waals surface area contributed by atoms with Gasteiger partial charge in [0.05, 0.1) is 0 Å². The van der Waals surface area contributed by atoms with Crippen LogP contribution in [0.3, 0.4) is 0 Å². The van der Waals surface area contributed by atoms with Crippen molar-refractivity contribution in [3.63, 3.8) is 0 Å². The van der Waals surface area contributed by atoms with Crippen molar-refractivity contribution < 1.29 is 19.4 Å². The zero-order valence-electron chi connectivity index (χ0n) is 25.0. The van der Waals surface area contributed by atoms with Gasteiger partial charge < -0.3 is 9.84 Å². The first-order valence-electron chi connectivity index (χ1n) is 16.5. The molecule has 0 saturated heterocycles. The summed E-state index contributed by atoms with van der Waals surface area (Å²) in [6.45, 7) is 4.52. The van der Waals surface area contributed by atoms with Crippen LogP contribution in [0.15, 0.2) is 0 Å². The number of carboxylic acid groups (broad SMARTS) is 1. The molecular weight excluding hydrogens is 460 g/mol. The Kier molecular flexibility index (Phi) is 28.7. The quantitative estimate of drug-likeness (QED) is 0.0749. The molecule has 4 nitrogen and oxygen atoms in total. The van der Waals surface area contributed by atoms with Crippen molar-refractivity contribution in [3.8, 4) is 0 Å². The Morgan fingerprint density at radius 1 is 0.486 bits per heavy atom. The largest absolute Gasteiger partial charge is 0.481 e. The molecule has 0 aromatic carbocycles. The molecule has 1 N–H and O–H groups in total. The Balaban J connectivity index is 3.74. The van der Waals surface area contributed by atoms with Gasteiger partial charge in [0.1, 0.15) is 6.10 Å². The summed E-state index contributed by atoms with van der Waals surface area (Å²) in [7, 11) is 0. The van der Waals surface area contributed by atoms with E-state index in [1.807, 2.05) is 0 Å². The zero-order valence-corrected chi connectivity index (χ0v) is 25.0. The molecule has 0 saturated carbocycles. The SMILES string of the molecule is CCCCCCCCCCCCCCCC(=O)OC(CCCCCCCCCCCCC)CCC(=O)O. The number of carbonyl (C=O) groups is 2. The number of ether oxygens (including phenoxy) is 1. The monoisotopic (exact) mass is 524 g/mol. The summed E-state index contributed by atoms with van der Waals surface area (Å²) < 4.78 is 5.70. The second-order valence-corrected chi connectivity index (χ2v) is 11.4. The molecule has 0 amide bonds. The predicted octanol–water partition coefficient (Wildman–Crippen LogP) is 10.9. The van der Waals surface area contributed by atoms with Crippen LogP contribution >= 0.6 is 0 Å². The smallest absolute Gasteiger partial charge is 0.306 e. The molecule has 220 valence electrons. The highest BCUT2D eigenvalue weighted by atomic mass is 16.5. The van der Waals surface area contributed by atoms with Gasteiger partial charge in [-0.3, -0.25) is 9.59 Å². The summed E-state index contributed by atoms with van der Waals surface area (Å²) in [5.74, 6) is -0.946. The minimum absolute atomic E-state index is 0.0781. The van der Waals surface area contributed by atoms with Gasteiger partial charge >= 0.3 is 11.9 Å². The first kappa shape index (κ1) is 35.9. The molecule has 0 rings (SSSR count). The van der Waals surface area contributed by atoms with Gasteiger partial charge in [-0.15, -0.1) is 0 Å². The summed E-state index contributed by atoms with van der Waals surface area (Å²) in [5, 5.41) is 9.05. The maximum absolute atomic E-state index is 12.3. The maximum Gasteiger partial charge on any atom is 0.306 e. The fourth-order valence-corrected chi connectivity index (χ4v) is 5.11. The molecule has 37 heavy (non-hydrogen) atoms. The molecule has 4 heteroatoms. The van der Waals surface area contributed by atoms with E-state index in [1.165, 1.54) is 128 Å². The standard InChI is InChI=1S/C33H64O4/c1-3-5-7-9-11-13-15-16-18-20-22-24-26-28-33(36)37-31(29-30-32(34)35)27-25-23-21-19-17-14-12-10-8-6-4-2/h31H,3-30H2,1-2H3,(H,34,35). The summed E-state index contributed by atoms with van der Waals surface area (Å²) in [6.07, 6.45) is 32.5. The molecule has 0 heterocycles. The molecule has 0 aromatic heterocycles. The lowest BCUT2D eigenvalue weighted by Gasteiger charge is -2.17. The molecule has 0 aromatic rings. The first-order chi connectivity index (χ1) is 18.1. The highest BCUT2D eigenvalue weighted by molar-refractivity contribution is 5.69. The van der Waals surface area contributed by atoms with Crippen LogP contribution in [0.5, 0.6) is 0 Å². The Bertz CT molecular complexity index is 491. The van der Waals surface area contributed by atoms with E-state index in [4.69, 9.17) is 9.84 Å². The van der Waals surface area contributed by atoms with Crippen molar-refractivity contribution >= 4 is 11.9 Å². The number of unbranched alkanes of at least 4 members (excludes halogenated alkanes) is 22. The molecule has 0 bridgehead atoms. The van der Waals surface area contributed by atoms with E-state index in [9.17, 15) is 9.59 Å². The molecule has 1 atom stereocenters. The van der Waals surface area contributed by atoms with E-state index in [2.05, 4.69) is 13.8 Å². The van der Waals surface area contributed by atoms with Crippen molar-refractivity contribution in [2.24, 2.45) is 0 Å². The van der Waals surface area contributed by atoms with Gasteiger partial charge in [-0.25, -0.2) is 0 Å². The fourth-order valence-electron chi connectivity index (χ4n) is 5.11. The van der Waals surface area contributed by atoms with E-state index in [0.717, 1.165) is 32.1 Å². The van der Waals surface area contributed by atoms with Crippen LogP contribution in [0.2, 0.25) is 0 Å². The van der Waals surface area contributed by atoms with Gasteiger partial charge in [0.25, 0.3) is 0 Å². The van der Waals surface area contributed by atoms with Crippen LogP contribution in [0.1, 0.15) is 194 Å². The van der Waals surface area contributed by atoms with Crippen molar-refractivity contribution in [2.75, 3.05) is 0 Å². The van der Waals surface area contributed by atoms with E-state index in [1.54, 1.807) is 0 Å². The van der Waals surface area contributed by atoms with Crippen LogP contribution in [-0.2, 0) is 14.3 Å². The number of carboxylic acids is 1. The molecule has 0 radical (unpaired) electrons. The molecular formula is C33H64O4. The van der Waals surface area contributed by atoms with Crippen LogP contribution in [0.25, 0.3) is 0 Å². The minimum atomic E-state index is -0.809. The second kappa shape index (κ2) is 29.5. The van der Waals surface area contributed by atoms with Gasteiger partial charge in [0.2, 0.25) is 0 Å². The van der Waals surface area contributed by atoms with Gasteiger partial charge in [-0.05, 0) is 25.7 Å². The number of rotatable bonds is 30. The van der Waals surface area contributed by atoms with Gasteiger partial charge in [-0.2, -0.15) is 0 Å². The second-order valence-electron chi connectivity index (χ2n) is 11.4. The molecule has 1 unspecified atom stereocenters. The fraction of sp³-hybridized carbons (Fsp3) is 0.939. The molecule has 0 aliphatic carbocycles. The predicted molar refractivity (Wildman–Crippen MR) is 158 cm³/mol. The zero-order chi connectivity index (χ0) is 27.2. The minimum Gasteiger partial charge on any atom is -0.481 e. The Morgan fingerprint density at radius 2 is 0.838 bits per heavy atom. The van der Waals surface area contributed by atoms with E-state index in [0.29, 0.717) is 12.8 Å². The summed E-state index contributed by atoms with van der Waals surface area (Å²) in [6, 6.07) is 0. The molecule has 0 spiro atoms. The lowest BCUT2D eigenvalue weighted by molar-refractivity contribution is -0.151. The van der Waals surface area contributed by atoms with Crippen molar-refractivity contribution in [3.05, 3.63) is 0 Å². The van der Waals surface area contributed by atoms with Crippen LogP contribution in [0.4, 0.5) is 0 Å². The van der Waals surface area contributed by atoms with E-state index < -0.39 is 5.97 Å². The van der Waals surface area contributed by atoms with Crippen molar-refractivity contribution in [1.82, 2.24) is 0 Å². The van der Waals surface area contributed by atoms with Crippen LogP contribution in [-0.4, -0.2) is 23.1 Å². The third kappa shape index (κ3) is 29.4. The van der Waals surface area contributed by atoms with Crippen molar-refractivity contribution in [1.29, 1.82) is 0 Å². The third-order valence-electron chi connectivity index (χ3n) is 7.59. The van der Waals surface area contributed by atoms with E-state index >= 15 is 0 Å². The van der Waals surface area contributed by atoms with Gasteiger partial charge in [-0.1, -0.05) is 155 Å². The molecule has 0 fully saturated rings. The Hall–Kier alpha value is -1.06. The Labute approximate surface area is 231 Å². The highest BCUT2D eigenvalue weighted by Crippen LogP contribution is 2.17. The number of esters is 1. The third-order valence-corrected chi connectivity index (χ3v) is 7.59. The normalized spacial score (nSPS) is 12.1. The molecule has 0 aliphatic heterocycles. The topological polar surface area (TPSA) is 63.6 Å². The molecule has 0 aliphatic rings. The highest BCUT2D eigenvalue weighted by Gasteiger charge is 2.15. The van der Waals surface area contributed by atoms with Gasteiger partial charge in [0, 0.05) is 12.8 Å². The van der Waals surface area contributed by atoms with Crippen molar-refractivity contribution in [2.45, 2.75) is 200 Å². The maximum atomic E-state index is 12.3. The Morgan fingerprint density at radius 3 is 1.22 bits per heavy atom. The number of hydrogen-bond donors (Lipinski definition) is 1. The number of hydrogen-bond acceptors (Lipinski definition) is 3. The summed E-state index contributed by atoms with van der Waals surface area (Å²) in [5.41, 5.74) is 0.